The SMILES string of the molecule is O=C(O)C[C@H]1CC[C@H](c2ccc(-c3ccc4nc(C(=O)NCCc5ccccc5)cn4c3)cc2)CC1. The van der Waals surface area contributed by atoms with E-state index in [-0.39, 0.29) is 5.91 Å². The van der Waals surface area contributed by atoms with Crippen LogP contribution in [0.4, 0.5) is 0 Å². The zero-order valence-electron chi connectivity index (χ0n) is 20.3. The number of hydrogen-bond donors (Lipinski definition) is 2. The quantitative estimate of drug-likeness (QED) is 0.337. The van der Waals surface area contributed by atoms with Crippen LogP contribution >= 0.6 is 0 Å². The predicted octanol–water partition coefficient (Wildman–Crippen LogP) is 5.72. The molecule has 6 nitrogen and oxygen atoms in total. The van der Waals surface area contributed by atoms with E-state index in [1.54, 1.807) is 6.20 Å². The highest BCUT2D eigenvalue weighted by atomic mass is 16.4. The zero-order valence-corrected chi connectivity index (χ0v) is 20.3. The fourth-order valence-corrected chi connectivity index (χ4v) is 5.22. The number of carbonyl (C=O) groups is 2. The van der Waals surface area contributed by atoms with Crippen molar-refractivity contribution in [2.45, 2.75) is 44.4 Å². The first kappa shape index (κ1) is 23.8. The number of carboxylic acids is 1. The molecule has 1 aliphatic rings. The number of nitrogens with one attached hydrogen (secondary N) is 1. The Morgan fingerprint density at radius 1 is 0.889 bits per heavy atom. The van der Waals surface area contributed by atoms with Crippen LogP contribution in [0, 0.1) is 5.92 Å². The Balaban J connectivity index is 1.21. The zero-order chi connectivity index (χ0) is 24.9. The maximum Gasteiger partial charge on any atom is 0.303 e. The van der Waals surface area contributed by atoms with E-state index in [0.717, 1.165) is 48.9 Å². The van der Waals surface area contributed by atoms with Crippen molar-refractivity contribution >= 4 is 17.5 Å². The molecule has 0 unspecified atom stereocenters. The highest BCUT2D eigenvalue weighted by molar-refractivity contribution is 5.92. The van der Waals surface area contributed by atoms with Crippen LogP contribution in [0.1, 0.15) is 59.6 Å². The van der Waals surface area contributed by atoms with E-state index in [0.29, 0.717) is 30.5 Å². The molecule has 0 radical (unpaired) electrons. The predicted molar refractivity (Wildman–Crippen MR) is 140 cm³/mol. The first-order valence-electron chi connectivity index (χ1n) is 12.7. The Morgan fingerprint density at radius 2 is 1.61 bits per heavy atom. The summed E-state index contributed by atoms with van der Waals surface area (Å²) in [6, 6.07) is 22.7. The van der Waals surface area contributed by atoms with Crippen molar-refractivity contribution in [3.63, 3.8) is 0 Å². The molecule has 6 heteroatoms. The van der Waals surface area contributed by atoms with E-state index >= 15 is 0 Å². The van der Waals surface area contributed by atoms with Gasteiger partial charge in [0.2, 0.25) is 0 Å². The van der Waals surface area contributed by atoms with E-state index in [4.69, 9.17) is 5.11 Å². The average Bonchev–Trinajstić information content (AvgIpc) is 3.33. The number of carboxylic acid groups (broad SMARTS) is 1. The van der Waals surface area contributed by atoms with Gasteiger partial charge < -0.3 is 14.8 Å². The standard InChI is InChI=1S/C30H31N3O3/c34-29(35)18-22-6-8-23(9-7-22)24-10-12-25(13-11-24)26-14-15-28-32-27(20-33(28)19-26)30(36)31-17-16-21-4-2-1-3-5-21/h1-5,10-15,19-20,22-23H,6-9,16-18H2,(H,31,36)(H,34,35)/t22-,23-. The van der Waals surface area contributed by atoms with Crippen molar-refractivity contribution < 1.29 is 14.7 Å². The largest absolute Gasteiger partial charge is 0.481 e. The van der Waals surface area contributed by atoms with E-state index in [1.807, 2.05) is 40.9 Å². The first-order chi connectivity index (χ1) is 17.5. The van der Waals surface area contributed by atoms with E-state index < -0.39 is 5.97 Å². The molecule has 0 aliphatic heterocycles. The molecule has 0 spiro atoms. The smallest absolute Gasteiger partial charge is 0.303 e. The second-order valence-corrected chi connectivity index (χ2v) is 9.74. The molecule has 0 saturated heterocycles. The van der Waals surface area contributed by atoms with Gasteiger partial charge in [-0.1, -0.05) is 54.6 Å². The molecule has 2 heterocycles. The molecule has 0 bridgehead atoms. The summed E-state index contributed by atoms with van der Waals surface area (Å²) in [5.74, 6) is -0.0361. The lowest BCUT2D eigenvalue weighted by molar-refractivity contribution is -0.138. The third-order valence-electron chi connectivity index (χ3n) is 7.25. The Bertz CT molecular complexity index is 1340. The monoisotopic (exact) mass is 481 g/mol. The summed E-state index contributed by atoms with van der Waals surface area (Å²) >= 11 is 0. The molecule has 2 aromatic carbocycles. The van der Waals surface area contributed by atoms with Gasteiger partial charge in [0.15, 0.2) is 0 Å². The Hall–Kier alpha value is -3.93. The molecule has 1 aliphatic carbocycles. The minimum absolute atomic E-state index is 0.168. The number of carbonyl (C=O) groups excluding carboxylic acids is 1. The molecule has 4 aromatic rings. The maximum absolute atomic E-state index is 12.6. The van der Waals surface area contributed by atoms with Crippen molar-refractivity contribution in [2.24, 2.45) is 5.92 Å². The van der Waals surface area contributed by atoms with Crippen molar-refractivity contribution in [1.29, 1.82) is 0 Å². The van der Waals surface area contributed by atoms with Gasteiger partial charge in [-0.05, 0) is 78.3 Å². The summed E-state index contributed by atoms with van der Waals surface area (Å²) in [5, 5.41) is 12.0. The van der Waals surface area contributed by atoms with Crippen LogP contribution in [0.5, 0.6) is 0 Å². The van der Waals surface area contributed by atoms with Gasteiger partial charge in [0, 0.05) is 25.4 Å². The molecule has 1 amide bonds. The lowest BCUT2D eigenvalue weighted by Gasteiger charge is -2.28. The molecule has 2 aromatic heterocycles. The minimum Gasteiger partial charge on any atom is -0.481 e. The van der Waals surface area contributed by atoms with Crippen LogP contribution in [0.25, 0.3) is 16.8 Å². The number of rotatable bonds is 8. The summed E-state index contributed by atoms with van der Waals surface area (Å²) in [7, 11) is 0. The van der Waals surface area contributed by atoms with Crippen molar-refractivity contribution in [2.75, 3.05) is 6.54 Å². The highest BCUT2D eigenvalue weighted by Crippen LogP contribution is 2.37. The number of imidazole rings is 1. The Labute approximate surface area is 211 Å². The topological polar surface area (TPSA) is 83.7 Å². The van der Waals surface area contributed by atoms with Crippen LogP contribution < -0.4 is 5.32 Å². The van der Waals surface area contributed by atoms with Gasteiger partial charge in [0.1, 0.15) is 11.3 Å². The molecule has 36 heavy (non-hydrogen) atoms. The Morgan fingerprint density at radius 3 is 2.33 bits per heavy atom. The van der Waals surface area contributed by atoms with Crippen LogP contribution in [0.3, 0.4) is 0 Å². The third kappa shape index (κ3) is 5.65. The van der Waals surface area contributed by atoms with Gasteiger partial charge >= 0.3 is 5.97 Å². The van der Waals surface area contributed by atoms with E-state index in [1.165, 1.54) is 11.1 Å². The van der Waals surface area contributed by atoms with Crippen molar-refractivity contribution in [1.82, 2.24) is 14.7 Å². The molecule has 2 N–H and O–H groups in total. The second kappa shape index (κ2) is 10.8. The number of hydrogen-bond acceptors (Lipinski definition) is 3. The average molecular weight is 482 g/mol. The number of benzene rings is 2. The summed E-state index contributed by atoms with van der Waals surface area (Å²) in [6.45, 7) is 0.565. The minimum atomic E-state index is -0.687. The molecule has 184 valence electrons. The molecule has 0 atom stereocenters. The maximum atomic E-state index is 12.6. The third-order valence-corrected chi connectivity index (χ3v) is 7.25. The fourth-order valence-electron chi connectivity index (χ4n) is 5.22. The molecular weight excluding hydrogens is 450 g/mol. The molecule has 5 rings (SSSR count). The van der Waals surface area contributed by atoms with Gasteiger partial charge in [-0.2, -0.15) is 0 Å². The van der Waals surface area contributed by atoms with Crippen LogP contribution in [0.15, 0.2) is 79.1 Å². The van der Waals surface area contributed by atoms with Gasteiger partial charge in [0.05, 0.1) is 0 Å². The number of nitrogens with zero attached hydrogens (tertiary/aromatic N) is 2. The van der Waals surface area contributed by atoms with Gasteiger partial charge in [0.25, 0.3) is 5.91 Å². The normalized spacial score (nSPS) is 17.7. The lowest BCUT2D eigenvalue weighted by Crippen LogP contribution is -2.25. The number of fused-ring (bicyclic) bond motifs is 1. The van der Waals surface area contributed by atoms with Crippen molar-refractivity contribution in [3.05, 3.63) is 95.9 Å². The second-order valence-electron chi connectivity index (χ2n) is 9.74. The van der Waals surface area contributed by atoms with E-state index in [9.17, 15) is 9.59 Å². The summed E-state index contributed by atoms with van der Waals surface area (Å²) < 4.78 is 1.90. The summed E-state index contributed by atoms with van der Waals surface area (Å²) in [6.07, 6.45) is 8.93. The number of pyridine rings is 1. The number of aliphatic carboxylic acids is 1. The van der Waals surface area contributed by atoms with Gasteiger partial charge in [-0.15, -0.1) is 0 Å². The lowest BCUT2D eigenvalue weighted by atomic mass is 9.77. The Kier molecular flexibility index (Phi) is 7.12. The highest BCUT2D eigenvalue weighted by Gasteiger charge is 2.24. The molecular formula is C30H31N3O3. The fraction of sp³-hybridized carbons (Fsp3) is 0.300. The van der Waals surface area contributed by atoms with Crippen LogP contribution in [-0.2, 0) is 11.2 Å². The number of aromatic nitrogens is 2. The van der Waals surface area contributed by atoms with Crippen LogP contribution in [0.2, 0.25) is 0 Å². The molecule has 1 saturated carbocycles. The first-order valence-corrected chi connectivity index (χ1v) is 12.7. The van der Waals surface area contributed by atoms with Gasteiger partial charge in [-0.25, -0.2) is 4.98 Å². The number of amides is 1. The van der Waals surface area contributed by atoms with Crippen molar-refractivity contribution in [3.8, 4) is 11.1 Å². The van der Waals surface area contributed by atoms with Crippen LogP contribution in [-0.4, -0.2) is 32.9 Å². The van der Waals surface area contributed by atoms with E-state index in [2.05, 4.69) is 46.7 Å². The molecule has 1 fully saturated rings. The van der Waals surface area contributed by atoms with Gasteiger partial charge in [-0.3, -0.25) is 9.59 Å². The summed E-state index contributed by atoms with van der Waals surface area (Å²) in [4.78, 5) is 28.1. The summed E-state index contributed by atoms with van der Waals surface area (Å²) in [5.41, 5.74) is 5.84.